The van der Waals surface area contributed by atoms with Crippen LogP contribution in [0.15, 0.2) is 59.1 Å². The molecule has 0 saturated carbocycles. The lowest BCUT2D eigenvalue weighted by molar-refractivity contribution is 0.850. The lowest BCUT2D eigenvalue weighted by Crippen LogP contribution is -2.01. The normalized spacial score (nSPS) is 11.2. The summed E-state index contributed by atoms with van der Waals surface area (Å²) in [5.74, 6) is 1.79. The maximum atomic E-state index is 4.73. The monoisotopic (exact) mass is 338 g/mol. The Morgan fingerprint density at radius 1 is 1.09 bits per heavy atom. The summed E-state index contributed by atoms with van der Waals surface area (Å²) in [6.45, 7) is 2.11. The first-order chi connectivity index (χ1) is 11.3. The Hall–Kier alpha value is -2.18. The van der Waals surface area contributed by atoms with Gasteiger partial charge < -0.3 is 0 Å². The highest BCUT2D eigenvalue weighted by Crippen LogP contribution is 2.28. The number of fused-ring (bicyclic) bond motifs is 1. The molecule has 0 radical (unpaired) electrons. The Bertz CT molecular complexity index is 930. The Kier molecular flexibility index (Phi) is 3.85. The third-order valence-electron chi connectivity index (χ3n) is 3.39. The SMILES string of the molecule is CCSc1nc(-c2cccs2)n2nc(-c3ccccc3)cc2n1. The number of thiophene rings is 1. The lowest BCUT2D eigenvalue weighted by atomic mass is 10.2. The number of nitrogens with zero attached hydrogens (tertiary/aromatic N) is 4. The van der Waals surface area contributed by atoms with Crippen molar-refractivity contribution in [2.24, 2.45) is 0 Å². The van der Waals surface area contributed by atoms with E-state index in [2.05, 4.69) is 35.5 Å². The van der Waals surface area contributed by atoms with E-state index < -0.39 is 0 Å². The van der Waals surface area contributed by atoms with Gasteiger partial charge in [-0.15, -0.1) is 11.3 Å². The van der Waals surface area contributed by atoms with Gasteiger partial charge in [-0.1, -0.05) is 55.1 Å². The summed E-state index contributed by atoms with van der Waals surface area (Å²) >= 11 is 3.31. The summed E-state index contributed by atoms with van der Waals surface area (Å²) in [5, 5.41) is 7.58. The van der Waals surface area contributed by atoms with Gasteiger partial charge in [0.15, 0.2) is 16.6 Å². The zero-order valence-electron chi connectivity index (χ0n) is 12.5. The van der Waals surface area contributed by atoms with Crippen LogP contribution in [0.2, 0.25) is 0 Å². The van der Waals surface area contributed by atoms with E-state index in [9.17, 15) is 0 Å². The number of rotatable bonds is 4. The molecule has 0 aliphatic rings. The minimum absolute atomic E-state index is 0.794. The van der Waals surface area contributed by atoms with Gasteiger partial charge in [0.2, 0.25) is 0 Å². The Morgan fingerprint density at radius 3 is 2.70 bits per heavy atom. The highest BCUT2D eigenvalue weighted by Gasteiger charge is 2.14. The number of aromatic nitrogens is 4. The molecule has 0 N–H and O–H groups in total. The molecule has 0 saturated heterocycles. The molecule has 114 valence electrons. The van der Waals surface area contributed by atoms with Gasteiger partial charge in [0.25, 0.3) is 0 Å². The summed E-state index contributed by atoms with van der Waals surface area (Å²) in [7, 11) is 0. The third-order valence-corrected chi connectivity index (χ3v) is 4.98. The Morgan fingerprint density at radius 2 is 1.96 bits per heavy atom. The molecule has 0 bridgehead atoms. The van der Waals surface area contributed by atoms with Crippen molar-refractivity contribution in [1.82, 2.24) is 19.6 Å². The fourth-order valence-corrected chi connectivity index (χ4v) is 3.64. The van der Waals surface area contributed by atoms with E-state index in [-0.39, 0.29) is 0 Å². The molecule has 0 aliphatic heterocycles. The fourth-order valence-electron chi connectivity index (χ4n) is 2.38. The van der Waals surface area contributed by atoms with E-state index in [1.165, 1.54) is 0 Å². The zero-order chi connectivity index (χ0) is 15.6. The predicted octanol–water partition coefficient (Wildman–Crippen LogP) is 4.63. The number of benzene rings is 1. The molecule has 3 heterocycles. The van der Waals surface area contributed by atoms with Crippen LogP contribution in [0.4, 0.5) is 0 Å². The second-order valence-corrected chi connectivity index (χ2v) is 7.08. The molecule has 3 aromatic heterocycles. The van der Waals surface area contributed by atoms with Gasteiger partial charge in [-0.2, -0.15) is 9.61 Å². The van der Waals surface area contributed by atoms with Crippen molar-refractivity contribution in [2.45, 2.75) is 12.1 Å². The number of hydrogen-bond donors (Lipinski definition) is 0. The standard InChI is InChI=1S/C17H14N4S2/c1-2-22-17-18-15-11-13(12-7-4-3-5-8-12)20-21(15)16(19-17)14-9-6-10-23-14/h3-11H,2H2,1H3. The quantitative estimate of drug-likeness (QED) is 0.509. The van der Waals surface area contributed by atoms with Gasteiger partial charge in [0, 0.05) is 11.6 Å². The molecule has 1 aromatic carbocycles. The minimum Gasteiger partial charge on any atom is -0.203 e. The van der Waals surface area contributed by atoms with Gasteiger partial charge in [-0.3, -0.25) is 0 Å². The first-order valence-electron chi connectivity index (χ1n) is 7.35. The van der Waals surface area contributed by atoms with Crippen molar-refractivity contribution >= 4 is 28.7 Å². The summed E-state index contributed by atoms with van der Waals surface area (Å²) in [5.41, 5.74) is 2.83. The molecule has 0 spiro atoms. The first-order valence-corrected chi connectivity index (χ1v) is 9.21. The molecule has 0 aliphatic carbocycles. The topological polar surface area (TPSA) is 43.1 Å². The van der Waals surface area contributed by atoms with E-state index in [0.717, 1.165) is 38.5 Å². The highest BCUT2D eigenvalue weighted by molar-refractivity contribution is 7.99. The molecular weight excluding hydrogens is 324 g/mol. The van der Waals surface area contributed by atoms with Crippen LogP contribution in [0.3, 0.4) is 0 Å². The predicted molar refractivity (Wildman–Crippen MR) is 95.9 cm³/mol. The highest BCUT2D eigenvalue weighted by atomic mass is 32.2. The zero-order valence-corrected chi connectivity index (χ0v) is 14.1. The van der Waals surface area contributed by atoms with Crippen LogP contribution in [-0.4, -0.2) is 25.3 Å². The maximum absolute atomic E-state index is 4.73. The molecule has 4 aromatic rings. The maximum Gasteiger partial charge on any atom is 0.191 e. The van der Waals surface area contributed by atoms with Gasteiger partial charge in [0.1, 0.15) is 0 Å². The van der Waals surface area contributed by atoms with Crippen molar-refractivity contribution in [3.05, 3.63) is 53.9 Å². The average Bonchev–Trinajstić information content (AvgIpc) is 3.25. The first kappa shape index (κ1) is 14.4. The molecule has 6 heteroatoms. The van der Waals surface area contributed by atoms with Crippen LogP contribution in [0.25, 0.3) is 27.6 Å². The van der Waals surface area contributed by atoms with Crippen molar-refractivity contribution < 1.29 is 0 Å². The van der Waals surface area contributed by atoms with Gasteiger partial charge in [-0.05, 0) is 17.2 Å². The van der Waals surface area contributed by atoms with Crippen LogP contribution < -0.4 is 0 Å². The third kappa shape index (κ3) is 2.75. The summed E-state index contributed by atoms with van der Waals surface area (Å²) in [4.78, 5) is 10.4. The van der Waals surface area contributed by atoms with Gasteiger partial charge >= 0.3 is 0 Å². The molecule has 4 nitrogen and oxygen atoms in total. The number of thioether (sulfide) groups is 1. The van der Waals surface area contributed by atoms with Crippen molar-refractivity contribution in [2.75, 3.05) is 5.75 Å². The second-order valence-electron chi connectivity index (χ2n) is 4.91. The molecule has 23 heavy (non-hydrogen) atoms. The van der Waals surface area contributed by atoms with E-state index >= 15 is 0 Å². The molecule has 0 fully saturated rings. The van der Waals surface area contributed by atoms with E-state index in [4.69, 9.17) is 10.1 Å². The van der Waals surface area contributed by atoms with Crippen LogP contribution in [0.1, 0.15) is 6.92 Å². The molecule has 0 atom stereocenters. The second kappa shape index (κ2) is 6.14. The summed E-state index contributed by atoms with van der Waals surface area (Å²) in [6.07, 6.45) is 0. The molecule has 0 unspecified atom stereocenters. The Balaban J connectivity index is 1.94. The largest absolute Gasteiger partial charge is 0.203 e. The van der Waals surface area contributed by atoms with Crippen LogP contribution in [-0.2, 0) is 0 Å². The molecule has 0 amide bonds. The van der Waals surface area contributed by atoms with E-state index in [0.29, 0.717) is 0 Å². The van der Waals surface area contributed by atoms with Crippen LogP contribution >= 0.6 is 23.1 Å². The van der Waals surface area contributed by atoms with Crippen LogP contribution in [0, 0.1) is 0 Å². The van der Waals surface area contributed by atoms with E-state index in [1.54, 1.807) is 23.1 Å². The van der Waals surface area contributed by atoms with Gasteiger partial charge in [-0.25, -0.2) is 9.97 Å². The summed E-state index contributed by atoms with van der Waals surface area (Å²) < 4.78 is 1.84. The van der Waals surface area contributed by atoms with Crippen LogP contribution in [0.5, 0.6) is 0 Å². The average molecular weight is 338 g/mol. The van der Waals surface area contributed by atoms with Gasteiger partial charge in [0.05, 0.1) is 10.6 Å². The molecular formula is C17H14N4S2. The summed E-state index contributed by atoms with van der Waals surface area (Å²) in [6, 6.07) is 16.3. The number of hydrogen-bond acceptors (Lipinski definition) is 5. The smallest absolute Gasteiger partial charge is 0.191 e. The fraction of sp³-hybridized carbons (Fsp3) is 0.118. The lowest BCUT2D eigenvalue weighted by Gasteiger charge is -2.04. The molecule has 4 rings (SSSR count). The van der Waals surface area contributed by atoms with Crippen molar-refractivity contribution in [1.29, 1.82) is 0 Å². The van der Waals surface area contributed by atoms with E-state index in [1.807, 2.05) is 34.8 Å². The minimum atomic E-state index is 0.794. The van der Waals surface area contributed by atoms with Crippen molar-refractivity contribution in [3.8, 4) is 22.0 Å². The van der Waals surface area contributed by atoms with Crippen molar-refractivity contribution in [3.63, 3.8) is 0 Å². The Labute approximate surface area is 142 Å².